The van der Waals surface area contributed by atoms with Gasteiger partial charge in [0.1, 0.15) is 6.54 Å². The quantitative estimate of drug-likeness (QED) is 0.837. The highest BCUT2D eigenvalue weighted by molar-refractivity contribution is 6.01. The Bertz CT molecular complexity index is 918. The third kappa shape index (κ3) is 2.28. The molecule has 3 heterocycles. The zero-order valence-corrected chi connectivity index (χ0v) is 15.2. The van der Waals surface area contributed by atoms with Crippen LogP contribution in [0.15, 0.2) is 24.4 Å². The first-order valence-corrected chi connectivity index (χ1v) is 9.37. The van der Waals surface area contributed by atoms with Crippen LogP contribution in [0.1, 0.15) is 23.5 Å². The fraction of sp³-hybridized carbons (Fsp3) is 0.500. The number of urea groups is 1. The number of carbonyl (C=O) groups is 2. The van der Waals surface area contributed by atoms with Crippen LogP contribution in [0, 0.1) is 5.92 Å². The van der Waals surface area contributed by atoms with Crippen molar-refractivity contribution in [1.82, 2.24) is 19.7 Å². The lowest BCUT2D eigenvalue weighted by Gasteiger charge is -2.46. The van der Waals surface area contributed by atoms with Crippen molar-refractivity contribution in [3.8, 4) is 0 Å². The molecule has 1 aromatic heterocycles. The molecule has 3 atom stereocenters. The molecule has 3 aliphatic rings. The molecule has 2 saturated heterocycles. The molecule has 3 amide bonds. The summed E-state index contributed by atoms with van der Waals surface area (Å²) in [6, 6.07) is 6.93. The van der Waals surface area contributed by atoms with Gasteiger partial charge in [-0.05, 0) is 43.0 Å². The molecule has 0 bridgehead atoms. The number of aryl methyl sites for hydroxylation is 1. The lowest BCUT2D eigenvalue weighted by molar-refractivity contribution is -0.118. The molecule has 1 aliphatic carbocycles. The van der Waals surface area contributed by atoms with Gasteiger partial charge in [0.2, 0.25) is 5.91 Å². The van der Waals surface area contributed by atoms with E-state index in [1.54, 1.807) is 4.90 Å². The fourth-order valence-electron chi connectivity index (χ4n) is 5.41. The Kier molecular flexibility index (Phi) is 3.41. The number of fused-ring (bicyclic) bond motifs is 2. The zero-order valence-electron chi connectivity index (χ0n) is 15.2. The Balaban J connectivity index is 1.46. The zero-order chi connectivity index (χ0) is 18.0. The molecule has 0 saturated carbocycles. The predicted octanol–water partition coefficient (Wildman–Crippen LogP) is 1.69. The summed E-state index contributed by atoms with van der Waals surface area (Å²) in [7, 11) is 4.33. The lowest BCUT2D eigenvalue weighted by atomic mass is 9.72. The largest absolute Gasteiger partial charge is 0.350 e. The second kappa shape index (κ2) is 5.58. The van der Waals surface area contributed by atoms with Crippen molar-refractivity contribution in [3.63, 3.8) is 0 Å². The van der Waals surface area contributed by atoms with Crippen molar-refractivity contribution in [1.29, 1.82) is 0 Å². The van der Waals surface area contributed by atoms with Gasteiger partial charge in [0.05, 0.1) is 0 Å². The number of hydrogen-bond donors (Lipinski definition) is 1. The van der Waals surface area contributed by atoms with Crippen LogP contribution >= 0.6 is 0 Å². The number of benzene rings is 1. The Labute approximate surface area is 152 Å². The molecule has 6 heteroatoms. The maximum Gasteiger partial charge on any atom is 0.324 e. The van der Waals surface area contributed by atoms with E-state index < -0.39 is 0 Å². The molecule has 1 aromatic carbocycles. The molecule has 0 spiro atoms. The second-order valence-electron chi connectivity index (χ2n) is 8.16. The minimum absolute atomic E-state index is 0.187. The molecule has 2 fully saturated rings. The minimum Gasteiger partial charge on any atom is -0.350 e. The topological polar surface area (TPSA) is 57.6 Å². The molecule has 5 rings (SSSR count). The first-order valence-electron chi connectivity index (χ1n) is 9.37. The van der Waals surface area contributed by atoms with Gasteiger partial charge in [0.25, 0.3) is 0 Å². The summed E-state index contributed by atoms with van der Waals surface area (Å²) in [5, 5.41) is 3.82. The Morgan fingerprint density at radius 1 is 1.23 bits per heavy atom. The molecular formula is C20H24N4O2. The maximum atomic E-state index is 11.9. The predicted molar refractivity (Wildman–Crippen MR) is 99.0 cm³/mol. The SMILES string of the molecule is CN1CC(CN2CC(=O)NC2=O)C[C@@H]2c3cccc4c3c(cn4C)C[C@H]21. The molecule has 1 unspecified atom stereocenters. The van der Waals surface area contributed by atoms with Crippen LogP contribution in [0.25, 0.3) is 10.9 Å². The number of hydrogen-bond acceptors (Lipinski definition) is 3. The number of likely N-dealkylation sites (N-methyl/N-ethyl adjacent to an activating group) is 1. The Morgan fingerprint density at radius 3 is 2.85 bits per heavy atom. The number of piperidine rings is 1. The van der Waals surface area contributed by atoms with E-state index in [4.69, 9.17) is 0 Å². The summed E-state index contributed by atoms with van der Waals surface area (Å²) < 4.78 is 2.24. The van der Waals surface area contributed by atoms with E-state index >= 15 is 0 Å². The molecule has 2 aliphatic heterocycles. The number of nitrogens with one attached hydrogen (secondary N) is 1. The van der Waals surface area contributed by atoms with Crippen LogP contribution < -0.4 is 5.32 Å². The van der Waals surface area contributed by atoms with E-state index in [1.807, 2.05) is 0 Å². The van der Waals surface area contributed by atoms with Gasteiger partial charge in [-0.3, -0.25) is 10.1 Å². The number of amides is 3. The lowest BCUT2D eigenvalue weighted by Crippen LogP contribution is -2.50. The normalized spacial score (nSPS) is 28.5. The number of imide groups is 1. The van der Waals surface area contributed by atoms with Crippen molar-refractivity contribution in [2.24, 2.45) is 13.0 Å². The highest BCUT2D eigenvalue weighted by atomic mass is 16.2. The van der Waals surface area contributed by atoms with Crippen molar-refractivity contribution in [2.45, 2.75) is 24.8 Å². The highest BCUT2D eigenvalue weighted by Crippen LogP contribution is 2.44. The maximum absolute atomic E-state index is 11.9. The van der Waals surface area contributed by atoms with Gasteiger partial charge in [-0.2, -0.15) is 0 Å². The van der Waals surface area contributed by atoms with Gasteiger partial charge in [0.15, 0.2) is 0 Å². The third-order valence-electron chi connectivity index (χ3n) is 6.46. The molecular weight excluding hydrogens is 328 g/mol. The fourth-order valence-corrected chi connectivity index (χ4v) is 5.41. The van der Waals surface area contributed by atoms with Gasteiger partial charge in [0, 0.05) is 49.2 Å². The van der Waals surface area contributed by atoms with Crippen LogP contribution in [-0.2, 0) is 18.3 Å². The van der Waals surface area contributed by atoms with Crippen molar-refractivity contribution < 1.29 is 9.59 Å². The van der Waals surface area contributed by atoms with Gasteiger partial charge in [-0.1, -0.05) is 12.1 Å². The number of likely N-dealkylation sites (tertiary alicyclic amines) is 1. The molecule has 6 nitrogen and oxygen atoms in total. The van der Waals surface area contributed by atoms with Crippen LogP contribution in [0.4, 0.5) is 4.79 Å². The summed E-state index contributed by atoms with van der Waals surface area (Å²) in [5.74, 6) is 0.686. The average molecular weight is 352 g/mol. The smallest absolute Gasteiger partial charge is 0.324 e. The third-order valence-corrected chi connectivity index (χ3v) is 6.46. The van der Waals surface area contributed by atoms with E-state index in [2.05, 4.69) is 53.3 Å². The van der Waals surface area contributed by atoms with Gasteiger partial charge < -0.3 is 14.4 Å². The van der Waals surface area contributed by atoms with E-state index in [0.717, 1.165) is 19.4 Å². The van der Waals surface area contributed by atoms with Crippen molar-refractivity contribution in [2.75, 3.05) is 26.7 Å². The number of nitrogens with zero attached hydrogens (tertiary/aromatic N) is 3. The van der Waals surface area contributed by atoms with E-state index in [-0.39, 0.29) is 18.5 Å². The standard InChI is InChI=1S/C20H24N4O2/c1-22-8-12(9-24-11-18(25)21-20(24)26)6-15-14-4-3-5-16-19(14)13(7-17(15)22)10-23(16)2/h3-5,10,12,15,17H,6-9,11H2,1-2H3,(H,21,25,26)/t12?,15-,17-/m1/s1. The average Bonchev–Trinajstić information content (AvgIpc) is 3.09. The molecule has 136 valence electrons. The van der Waals surface area contributed by atoms with Crippen molar-refractivity contribution in [3.05, 3.63) is 35.5 Å². The van der Waals surface area contributed by atoms with Gasteiger partial charge in [-0.25, -0.2) is 4.79 Å². The summed E-state index contributed by atoms with van der Waals surface area (Å²) in [5.41, 5.74) is 4.22. The Morgan fingerprint density at radius 2 is 2.08 bits per heavy atom. The number of rotatable bonds is 2. The van der Waals surface area contributed by atoms with E-state index in [1.165, 1.54) is 22.0 Å². The molecule has 1 N–H and O–H groups in total. The summed E-state index contributed by atoms with van der Waals surface area (Å²) in [6.07, 6.45) is 4.44. The van der Waals surface area contributed by atoms with Gasteiger partial charge >= 0.3 is 6.03 Å². The molecule has 26 heavy (non-hydrogen) atoms. The summed E-state index contributed by atoms with van der Waals surface area (Å²) >= 11 is 0. The van der Waals surface area contributed by atoms with Crippen LogP contribution in [-0.4, -0.2) is 59.0 Å². The minimum atomic E-state index is -0.240. The first kappa shape index (κ1) is 15.9. The molecule has 0 radical (unpaired) electrons. The number of carbonyl (C=O) groups excluding carboxylic acids is 2. The molecule has 2 aromatic rings. The van der Waals surface area contributed by atoms with E-state index in [9.17, 15) is 9.59 Å². The van der Waals surface area contributed by atoms with E-state index in [0.29, 0.717) is 24.4 Å². The summed E-state index contributed by atoms with van der Waals surface area (Å²) in [6.45, 7) is 1.82. The summed E-state index contributed by atoms with van der Waals surface area (Å²) in [4.78, 5) is 27.5. The number of aromatic nitrogens is 1. The first-order chi connectivity index (χ1) is 12.5. The van der Waals surface area contributed by atoms with Crippen molar-refractivity contribution >= 4 is 22.8 Å². The van der Waals surface area contributed by atoms with Gasteiger partial charge in [-0.15, -0.1) is 0 Å². The second-order valence-corrected chi connectivity index (χ2v) is 8.16. The highest BCUT2D eigenvalue weighted by Gasteiger charge is 2.41. The van der Waals surface area contributed by atoms with Crippen LogP contribution in [0.3, 0.4) is 0 Å². The monoisotopic (exact) mass is 352 g/mol. The van der Waals surface area contributed by atoms with Crippen LogP contribution in [0.2, 0.25) is 0 Å². The Hall–Kier alpha value is -2.34. The van der Waals surface area contributed by atoms with Crippen LogP contribution in [0.5, 0.6) is 0 Å².